The van der Waals surface area contributed by atoms with Gasteiger partial charge in [-0.15, -0.1) is 0 Å². The molecule has 0 spiro atoms. The maximum Gasteiger partial charge on any atom is 0.251 e. The molecule has 20 heavy (non-hydrogen) atoms. The molecule has 0 unspecified atom stereocenters. The summed E-state index contributed by atoms with van der Waals surface area (Å²) in [4.78, 5) is 15.0. The number of nitrogens with one attached hydrogen (secondary N) is 1. The predicted octanol–water partition coefficient (Wildman–Crippen LogP) is 3.51. The molecule has 0 amide bonds. The second kappa shape index (κ2) is 4.85. The van der Waals surface area contributed by atoms with E-state index < -0.39 is 0 Å². The molecule has 0 aliphatic heterocycles. The van der Waals surface area contributed by atoms with Gasteiger partial charge in [0.05, 0.1) is 7.11 Å². The van der Waals surface area contributed by atoms with Gasteiger partial charge < -0.3 is 9.72 Å². The van der Waals surface area contributed by atoms with E-state index in [4.69, 9.17) is 4.74 Å². The Morgan fingerprint density at radius 2 is 1.80 bits per heavy atom. The highest BCUT2D eigenvalue weighted by Crippen LogP contribution is 2.31. The Morgan fingerprint density at radius 3 is 2.50 bits per heavy atom. The standard InChI is InChI=1S/C17H15NO2/c1-11-16(12-6-4-3-5-7-12)14-10-13(20-2)8-9-15(14)18-17(11)19/h3-10H,1-2H3,(H,18,19). The van der Waals surface area contributed by atoms with E-state index in [9.17, 15) is 4.79 Å². The lowest BCUT2D eigenvalue weighted by atomic mass is 9.97. The summed E-state index contributed by atoms with van der Waals surface area (Å²) >= 11 is 0. The summed E-state index contributed by atoms with van der Waals surface area (Å²) in [5, 5.41) is 0.993. The minimum atomic E-state index is -0.0541. The lowest BCUT2D eigenvalue weighted by Gasteiger charge is -2.11. The molecule has 2 aromatic carbocycles. The lowest BCUT2D eigenvalue weighted by molar-refractivity contribution is 0.415. The number of fused-ring (bicyclic) bond motifs is 1. The minimum absolute atomic E-state index is 0.0541. The maximum atomic E-state index is 12.1. The van der Waals surface area contributed by atoms with Crippen molar-refractivity contribution in [2.45, 2.75) is 6.92 Å². The molecule has 1 heterocycles. The van der Waals surface area contributed by atoms with Gasteiger partial charge in [0.15, 0.2) is 0 Å². The number of hydrogen-bond donors (Lipinski definition) is 1. The third-order valence-corrected chi connectivity index (χ3v) is 3.52. The van der Waals surface area contributed by atoms with Gasteiger partial charge in [0, 0.05) is 16.5 Å². The van der Waals surface area contributed by atoms with Crippen molar-refractivity contribution in [1.82, 2.24) is 4.98 Å². The molecule has 1 aromatic heterocycles. The monoisotopic (exact) mass is 265 g/mol. The first-order chi connectivity index (χ1) is 9.70. The third kappa shape index (κ3) is 1.97. The molecular weight excluding hydrogens is 250 g/mol. The molecule has 0 atom stereocenters. The molecule has 0 saturated carbocycles. The first kappa shape index (κ1) is 12.5. The Labute approximate surface area is 116 Å². The molecule has 3 aromatic rings. The van der Waals surface area contributed by atoms with Crippen molar-refractivity contribution in [1.29, 1.82) is 0 Å². The van der Waals surface area contributed by atoms with Crippen molar-refractivity contribution in [2.75, 3.05) is 7.11 Å². The van der Waals surface area contributed by atoms with Crippen molar-refractivity contribution in [3.63, 3.8) is 0 Å². The highest BCUT2D eigenvalue weighted by molar-refractivity contribution is 5.96. The summed E-state index contributed by atoms with van der Waals surface area (Å²) in [5.74, 6) is 0.779. The van der Waals surface area contributed by atoms with Crippen LogP contribution in [0.15, 0.2) is 53.3 Å². The molecule has 3 nitrogen and oxygen atoms in total. The van der Waals surface area contributed by atoms with Crippen molar-refractivity contribution < 1.29 is 4.74 Å². The van der Waals surface area contributed by atoms with Crippen LogP contribution in [0.2, 0.25) is 0 Å². The number of rotatable bonds is 2. The number of benzene rings is 2. The van der Waals surface area contributed by atoms with Gasteiger partial charge in [-0.25, -0.2) is 0 Å². The van der Waals surface area contributed by atoms with Crippen molar-refractivity contribution in [3.8, 4) is 16.9 Å². The number of aromatic amines is 1. The van der Waals surface area contributed by atoms with Gasteiger partial charge in [0.25, 0.3) is 5.56 Å². The van der Waals surface area contributed by atoms with Crippen molar-refractivity contribution >= 4 is 10.9 Å². The minimum Gasteiger partial charge on any atom is -0.497 e. The summed E-state index contributed by atoms with van der Waals surface area (Å²) in [5.41, 5.74) is 3.48. The molecule has 0 bridgehead atoms. The molecule has 3 rings (SSSR count). The zero-order valence-corrected chi connectivity index (χ0v) is 11.4. The van der Waals surface area contributed by atoms with Crippen LogP contribution in [0, 0.1) is 6.92 Å². The zero-order chi connectivity index (χ0) is 14.1. The molecule has 1 N–H and O–H groups in total. The number of pyridine rings is 1. The Bertz CT molecular complexity index is 820. The van der Waals surface area contributed by atoms with E-state index >= 15 is 0 Å². The van der Waals surface area contributed by atoms with E-state index in [1.54, 1.807) is 7.11 Å². The Hall–Kier alpha value is -2.55. The fourth-order valence-electron chi connectivity index (χ4n) is 2.47. The van der Waals surface area contributed by atoms with Crippen LogP contribution < -0.4 is 10.3 Å². The largest absolute Gasteiger partial charge is 0.497 e. The maximum absolute atomic E-state index is 12.1. The zero-order valence-electron chi connectivity index (χ0n) is 11.4. The molecule has 100 valence electrons. The van der Waals surface area contributed by atoms with E-state index in [0.717, 1.165) is 33.3 Å². The van der Waals surface area contributed by atoms with E-state index in [1.165, 1.54) is 0 Å². The number of aromatic nitrogens is 1. The van der Waals surface area contributed by atoms with Crippen LogP contribution in [0.25, 0.3) is 22.0 Å². The first-order valence-electron chi connectivity index (χ1n) is 6.47. The summed E-state index contributed by atoms with van der Waals surface area (Å²) in [6, 6.07) is 15.6. The van der Waals surface area contributed by atoms with Crippen LogP contribution in [0.4, 0.5) is 0 Å². The van der Waals surface area contributed by atoms with Crippen LogP contribution in [-0.4, -0.2) is 12.1 Å². The molecular formula is C17H15NO2. The molecule has 0 aliphatic carbocycles. The second-order valence-electron chi connectivity index (χ2n) is 4.73. The van der Waals surface area contributed by atoms with Crippen LogP contribution in [0.5, 0.6) is 5.75 Å². The quantitative estimate of drug-likeness (QED) is 0.770. The normalized spacial score (nSPS) is 10.7. The molecule has 0 saturated heterocycles. The topological polar surface area (TPSA) is 42.1 Å². The number of ether oxygens (including phenoxy) is 1. The van der Waals surface area contributed by atoms with Crippen LogP contribution in [0.1, 0.15) is 5.56 Å². The highest BCUT2D eigenvalue weighted by atomic mass is 16.5. The van der Waals surface area contributed by atoms with E-state index in [1.807, 2.05) is 55.5 Å². The average Bonchev–Trinajstić information content (AvgIpc) is 2.49. The van der Waals surface area contributed by atoms with Gasteiger partial charge >= 0.3 is 0 Å². The van der Waals surface area contributed by atoms with E-state index in [-0.39, 0.29) is 5.56 Å². The second-order valence-corrected chi connectivity index (χ2v) is 4.73. The van der Waals surface area contributed by atoms with Crippen LogP contribution >= 0.6 is 0 Å². The van der Waals surface area contributed by atoms with Gasteiger partial charge in [-0.1, -0.05) is 30.3 Å². The van der Waals surface area contributed by atoms with Crippen molar-refractivity contribution in [3.05, 3.63) is 64.4 Å². The highest BCUT2D eigenvalue weighted by Gasteiger charge is 2.11. The molecule has 3 heteroatoms. The first-order valence-corrected chi connectivity index (χ1v) is 6.47. The summed E-state index contributed by atoms with van der Waals surface area (Å²) in [7, 11) is 1.64. The molecule has 0 fully saturated rings. The summed E-state index contributed by atoms with van der Waals surface area (Å²) in [6.45, 7) is 1.85. The van der Waals surface area contributed by atoms with E-state index in [0.29, 0.717) is 0 Å². The molecule has 0 radical (unpaired) electrons. The Morgan fingerprint density at radius 1 is 1.05 bits per heavy atom. The predicted molar refractivity (Wildman–Crippen MR) is 81.3 cm³/mol. The average molecular weight is 265 g/mol. The third-order valence-electron chi connectivity index (χ3n) is 3.52. The Balaban J connectivity index is 2.44. The van der Waals surface area contributed by atoms with Gasteiger partial charge in [-0.3, -0.25) is 4.79 Å². The van der Waals surface area contributed by atoms with Crippen LogP contribution in [0.3, 0.4) is 0 Å². The van der Waals surface area contributed by atoms with Crippen molar-refractivity contribution in [2.24, 2.45) is 0 Å². The van der Waals surface area contributed by atoms with E-state index in [2.05, 4.69) is 4.98 Å². The fourth-order valence-corrected chi connectivity index (χ4v) is 2.47. The van der Waals surface area contributed by atoms with Gasteiger partial charge in [-0.2, -0.15) is 0 Å². The fraction of sp³-hybridized carbons (Fsp3) is 0.118. The summed E-state index contributed by atoms with van der Waals surface area (Å²) in [6.07, 6.45) is 0. The summed E-state index contributed by atoms with van der Waals surface area (Å²) < 4.78 is 5.29. The smallest absolute Gasteiger partial charge is 0.251 e. The number of H-pyrrole nitrogens is 1. The SMILES string of the molecule is COc1ccc2[nH]c(=O)c(C)c(-c3ccccc3)c2c1. The molecule has 0 aliphatic rings. The number of methoxy groups -OCH3 is 1. The van der Waals surface area contributed by atoms with Crippen LogP contribution in [-0.2, 0) is 0 Å². The van der Waals surface area contributed by atoms with Gasteiger partial charge in [-0.05, 0) is 36.2 Å². The lowest BCUT2D eigenvalue weighted by Crippen LogP contribution is -2.11. The Kier molecular flexibility index (Phi) is 3.03. The number of hydrogen-bond acceptors (Lipinski definition) is 2. The van der Waals surface area contributed by atoms with Gasteiger partial charge in [0.2, 0.25) is 0 Å². The van der Waals surface area contributed by atoms with Gasteiger partial charge in [0.1, 0.15) is 5.75 Å².